The summed E-state index contributed by atoms with van der Waals surface area (Å²) in [6, 6.07) is 3.69. The highest BCUT2D eigenvalue weighted by atomic mass is 16.5. The van der Waals surface area contributed by atoms with E-state index in [9.17, 15) is 5.11 Å². The maximum absolute atomic E-state index is 9.68. The Balaban J connectivity index is 1.40. The number of nitrogens with one attached hydrogen (secondary N) is 1. The second-order valence-corrected chi connectivity index (χ2v) is 5.04. The van der Waals surface area contributed by atoms with E-state index in [0.29, 0.717) is 19.8 Å². The van der Waals surface area contributed by atoms with Crippen LogP contribution in [-0.4, -0.2) is 30.9 Å². The lowest BCUT2D eigenvalue weighted by Gasteiger charge is -2.11. The molecule has 102 valence electrons. The van der Waals surface area contributed by atoms with Crippen molar-refractivity contribution in [2.45, 2.75) is 38.4 Å². The van der Waals surface area contributed by atoms with Gasteiger partial charge in [-0.2, -0.15) is 0 Å². The summed E-state index contributed by atoms with van der Waals surface area (Å²) >= 11 is 0. The lowest BCUT2D eigenvalue weighted by Crippen LogP contribution is -2.31. The van der Waals surface area contributed by atoms with Gasteiger partial charge in [-0.15, -0.1) is 0 Å². The predicted molar refractivity (Wildman–Crippen MR) is 69.2 cm³/mol. The molecule has 0 radical (unpaired) electrons. The van der Waals surface area contributed by atoms with Crippen LogP contribution in [0.15, 0.2) is 22.8 Å². The summed E-state index contributed by atoms with van der Waals surface area (Å²) < 4.78 is 10.5. The maximum Gasteiger partial charge on any atom is 0.129 e. The predicted octanol–water partition coefficient (Wildman–Crippen LogP) is 1.94. The van der Waals surface area contributed by atoms with Crippen molar-refractivity contribution < 1.29 is 14.3 Å². The Bertz CT molecular complexity index is 309. The normalized spacial score (nSPS) is 16.9. The Hall–Kier alpha value is -0.840. The molecule has 0 spiro atoms. The number of ether oxygens (including phenoxy) is 1. The number of rotatable bonds is 10. The fraction of sp³-hybridized carbons (Fsp3) is 0.714. The number of hydrogen-bond donors (Lipinski definition) is 2. The minimum absolute atomic E-state index is 0.344. The third-order valence-electron chi connectivity index (χ3n) is 3.18. The van der Waals surface area contributed by atoms with Gasteiger partial charge >= 0.3 is 0 Å². The lowest BCUT2D eigenvalue weighted by atomic mass is 10.2. The molecule has 2 N–H and O–H groups in total. The number of furan rings is 1. The van der Waals surface area contributed by atoms with Gasteiger partial charge in [0, 0.05) is 6.54 Å². The van der Waals surface area contributed by atoms with Gasteiger partial charge in [0.1, 0.15) is 12.4 Å². The average Bonchev–Trinajstić information content (AvgIpc) is 3.04. The van der Waals surface area contributed by atoms with Gasteiger partial charge in [-0.1, -0.05) is 12.8 Å². The van der Waals surface area contributed by atoms with Crippen molar-refractivity contribution >= 4 is 0 Å². The van der Waals surface area contributed by atoms with Crippen LogP contribution in [0.25, 0.3) is 0 Å². The molecular formula is C14H23NO3. The molecule has 4 nitrogen and oxygen atoms in total. The zero-order valence-corrected chi connectivity index (χ0v) is 10.8. The van der Waals surface area contributed by atoms with E-state index in [1.165, 1.54) is 25.7 Å². The number of aliphatic hydroxyl groups is 1. The topological polar surface area (TPSA) is 54.6 Å². The van der Waals surface area contributed by atoms with Gasteiger partial charge in [-0.25, -0.2) is 0 Å². The van der Waals surface area contributed by atoms with Crippen molar-refractivity contribution in [1.29, 1.82) is 0 Å². The molecule has 1 aromatic rings. The number of aliphatic hydroxyl groups excluding tert-OH is 1. The van der Waals surface area contributed by atoms with Gasteiger partial charge in [-0.3, -0.25) is 0 Å². The van der Waals surface area contributed by atoms with Gasteiger partial charge < -0.3 is 19.6 Å². The van der Waals surface area contributed by atoms with Crippen LogP contribution >= 0.6 is 0 Å². The van der Waals surface area contributed by atoms with Crippen LogP contribution in [0.3, 0.4) is 0 Å². The fourth-order valence-corrected chi connectivity index (χ4v) is 1.94. The standard InChI is InChI=1S/C14H23NO3/c16-13(9-15-7-1-3-12-5-6-12)10-17-11-14-4-2-8-18-14/h2,4,8,12-13,15-16H,1,3,5-7,9-11H2. The molecule has 1 heterocycles. The molecule has 0 aromatic carbocycles. The summed E-state index contributed by atoms with van der Waals surface area (Å²) in [6.45, 7) is 2.36. The third-order valence-corrected chi connectivity index (χ3v) is 3.18. The number of hydrogen-bond acceptors (Lipinski definition) is 4. The molecule has 1 unspecified atom stereocenters. The molecule has 1 aliphatic rings. The van der Waals surface area contributed by atoms with Crippen LogP contribution in [0.4, 0.5) is 0 Å². The molecule has 1 aliphatic carbocycles. The highest BCUT2D eigenvalue weighted by Crippen LogP contribution is 2.33. The molecule has 0 aliphatic heterocycles. The van der Waals surface area contributed by atoms with Crippen molar-refractivity contribution in [2.24, 2.45) is 5.92 Å². The minimum atomic E-state index is -0.444. The van der Waals surface area contributed by atoms with Crippen LogP contribution in [0.5, 0.6) is 0 Å². The SMILES string of the molecule is OC(CNCCCC1CC1)COCc1ccco1. The van der Waals surface area contributed by atoms with Crippen molar-refractivity contribution in [3.63, 3.8) is 0 Å². The first kappa shape index (κ1) is 13.6. The third kappa shape index (κ3) is 5.67. The molecule has 1 fully saturated rings. The molecule has 18 heavy (non-hydrogen) atoms. The van der Waals surface area contributed by atoms with Gasteiger partial charge in [0.05, 0.1) is 19.0 Å². The monoisotopic (exact) mass is 253 g/mol. The fourth-order valence-electron chi connectivity index (χ4n) is 1.94. The molecule has 0 bridgehead atoms. The summed E-state index contributed by atoms with van der Waals surface area (Å²) in [5, 5.41) is 12.9. The Morgan fingerprint density at radius 3 is 3.11 bits per heavy atom. The van der Waals surface area contributed by atoms with E-state index in [2.05, 4.69) is 5.32 Å². The van der Waals surface area contributed by atoms with Crippen LogP contribution in [-0.2, 0) is 11.3 Å². The molecule has 0 saturated heterocycles. The van der Waals surface area contributed by atoms with Crippen molar-refractivity contribution in [3.05, 3.63) is 24.2 Å². The van der Waals surface area contributed by atoms with Crippen LogP contribution < -0.4 is 5.32 Å². The average molecular weight is 253 g/mol. The summed E-state index contributed by atoms with van der Waals surface area (Å²) in [5.41, 5.74) is 0. The highest BCUT2D eigenvalue weighted by molar-refractivity contribution is 4.96. The zero-order chi connectivity index (χ0) is 12.6. The Morgan fingerprint density at radius 1 is 1.50 bits per heavy atom. The summed E-state index contributed by atoms with van der Waals surface area (Å²) in [4.78, 5) is 0. The lowest BCUT2D eigenvalue weighted by molar-refractivity contribution is 0.0227. The van der Waals surface area contributed by atoms with E-state index in [1.807, 2.05) is 12.1 Å². The van der Waals surface area contributed by atoms with Crippen molar-refractivity contribution in [3.8, 4) is 0 Å². The van der Waals surface area contributed by atoms with E-state index < -0.39 is 6.10 Å². The quantitative estimate of drug-likeness (QED) is 0.626. The van der Waals surface area contributed by atoms with Crippen LogP contribution in [0.1, 0.15) is 31.4 Å². The highest BCUT2D eigenvalue weighted by Gasteiger charge is 2.19. The van der Waals surface area contributed by atoms with E-state index in [4.69, 9.17) is 9.15 Å². The Labute approximate surface area is 108 Å². The van der Waals surface area contributed by atoms with E-state index in [-0.39, 0.29) is 0 Å². The maximum atomic E-state index is 9.68. The molecule has 1 saturated carbocycles. The first-order chi connectivity index (χ1) is 8.84. The summed E-state index contributed by atoms with van der Waals surface area (Å²) in [6.07, 6.45) is 6.56. The van der Waals surface area contributed by atoms with Gasteiger partial charge in [0.15, 0.2) is 0 Å². The second kappa shape index (κ2) is 7.56. The van der Waals surface area contributed by atoms with Gasteiger partial charge in [-0.05, 0) is 37.4 Å². The van der Waals surface area contributed by atoms with E-state index in [0.717, 1.165) is 18.2 Å². The van der Waals surface area contributed by atoms with Gasteiger partial charge in [0.2, 0.25) is 0 Å². The van der Waals surface area contributed by atoms with Crippen molar-refractivity contribution in [1.82, 2.24) is 5.32 Å². The van der Waals surface area contributed by atoms with Crippen LogP contribution in [0, 0.1) is 5.92 Å². The van der Waals surface area contributed by atoms with E-state index >= 15 is 0 Å². The Morgan fingerprint density at radius 2 is 2.39 bits per heavy atom. The van der Waals surface area contributed by atoms with Crippen LogP contribution in [0.2, 0.25) is 0 Å². The first-order valence-corrected chi connectivity index (χ1v) is 6.83. The largest absolute Gasteiger partial charge is 0.467 e. The second-order valence-electron chi connectivity index (χ2n) is 5.04. The molecule has 0 amide bonds. The first-order valence-electron chi connectivity index (χ1n) is 6.83. The van der Waals surface area contributed by atoms with E-state index in [1.54, 1.807) is 6.26 Å². The van der Waals surface area contributed by atoms with Gasteiger partial charge in [0.25, 0.3) is 0 Å². The smallest absolute Gasteiger partial charge is 0.129 e. The minimum Gasteiger partial charge on any atom is -0.467 e. The molecular weight excluding hydrogens is 230 g/mol. The molecule has 1 aromatic heterocycles. The summed E-state index contributed by atoms with van der Waals surface area (Å²) in [5.74, 6) is 1.79. The molecule has 1 atom stereocenters. The summed E-state index contributed by atoms with van der Waals surface area (Å²) in [7, 11) is 0. The molecule has 2 rings (SSSR count). The zero-order valence-electron chi connectivity index (χ0n) is 10.8. The molecule has 4 heteroatoms. The Kier molecular flexibility index (Phi) is 5.71. The van der Waals surface area contributed by atoms with Crippen molar-refractivity contribution in [2.75, 3.05) is 19.7 Å².